The minimum atomic E-state index is 0.672. The van der Waals surface area contributed by atoms with Gasteiger partial charge in [0.2, 0.25) is 0 Å². The minimum absolute atomic E-state index is 0.672. The molecule has 5 heteroatoms. The Bertz CT molecular complexity index is 213. The normalized spacial score (nSPS) is 11.1. The van der Waals surface area contributed by atoms with Crippen LogP contribution >= 0.6 is 11.8 Å². The Hall–Kier alpha value is -0.730. The largest absolute Gasteiger partial charge is 0.381 e. The number of ether oxygens (including phenoxy) is 1. The van der Waals surface area contributed by atoms with Crippen LogP contribution in [0.25, 0.3) is 0 Å². The Labute approximate surface area is 96.1 Å². The zero-order valence-corrected chi connectivity index (χ0v) is 10.3. The van der Waals surface area contributed by atoms with Gasteiger partial charge in [-0.2, -0.15) is 5.26 Å². The predicted octanol–water partition coefficient (Wildman–Crippen LogP) is 1.98. The first kappa shape index (κ1) is 14.3. The number of nitriles is 1. The van der Waals surface area contributed by atoms with Crippen molar-refractivity contribution in [3.8, 4) is 6.19 Å². The van der Waals surface area contributed by atoms with Crippen LogP contribution in [0, 0.1) is 11.5 Å². The highest BCUT2D eigenvalue weighted by Crippen LogP contribution is 1.96. The molecule has 0 aromatic heterocycles. The van der Waals surface area contributed by atoms with E-state index < -0.39 is 0 Å². The maximum atomic E-state index is 8.39. The third kappa shape index (κ3) is 9.57. The molecule has 0 bridgehead atoms. The van der Waals surface area contributed by atoms with Crippen LogP contribution in [0.2, 0.25) is 0 Å². The van der Waals surface area contributed by atoms with Crippen molar-refractivity contribution in [1.29, 1.82) is 5.26 Å². The molecule has 0 fully saturated rings. The Morgan fingerprint density at radius 3 is 2.80 bits per heavy atom. The molecule has 86 valence electrons. The van der Waals surface area contributed by atoms with E-state index in [9.17, 15) is 0 Å². The highest BCUT2D eigenvalue weighted by atomic mass is 32.2. The molecule has 0 aromatic carbocycles. The molecule has 0 saturated heterocycles. The smallest absolute Gasteiger partial charge is 0.183 e. The molecule has 0 aliphatic heterocycles. The first-order valence-corrected chi connectivity index (χ1v) is 6.39. The molecule has 0 rings (SSSR count). The summed E-state index contributed by atoms with van der Waals surface area (Å²) in [5, 5.41) is 11.6. The molecule has 0 heterocycles. The lowest BCUT2D eigenvalue weighted by Gasteiger charge is -2.02. The van der Waals surface area contributed by atoms with Crippen molar-refractivity contribution >= 4 is 16.9 Å². The van der Waals surface area contributed by atoms with Crippen molar-refractivity contribution in [1.82, 2.24) is 5.32 Å². The van der Waals surface area contributed by atoms with E-state index in [4.69, 9.17) is 10.00 Å². The minimum Gasteiger partial charge on any atom is -0.381 e. The zero-order chi connectivity index (χ0) is 11.4. The van der Waals surface area contributed by atoms with Gasteiger partial charge in [-0.15, -0.1) is 0 Å². The Balaban J connectivity index is 3.38. The second-order valence-corrected chi connectivity index (χ2v) is 3.74. The van der Waals surface area contributed by atoms with Crippen molar-refractivity contribution in [3.05, 3.63) is 0 Å². The number of thioether (sulfide) groups is 1. The topological polar surface area (TPSA) is 57.4 Å². The molecule has 0 aromatic rings. The van der Waals surface area contributed by atoms with Gasteiger partial charge in [-0.05, 0) is 19.1 Å². The number of nitrogens with one attached hydrogen (secondary N) is 1. The Morgan fingerprint density at radius 2 is 2.20 bits per heavy atom. The molecule has 4 nitrogen and oxygen atoms in total. The van der Waals surface area contributed by atoms with Crippen LogP contribution in [0.5, 0.6) is 0 Å². The Kier molecular flexibility index (Phi) is 10.8. The number of aliphatic imine (C=N–C) groups is 1. The average molecular weight is 229 g/mol. The maximum absolute atomic E-state index is 8.39. The fourth-order valence-corrected chi connectivity index (χ4v) is 1.27. The molecule has 0 aliphatic rings. The lowest BCUT2D eigenvalue weighted by molar-refractivity contribution is 0.130. The van der Waals surface area contributed by atoms with Crippen molar-refractivity contribution in [2.45, 2.75) is 26.2 Å². The second kappa shape index (κ2) is 11.3. The zero-order valence-electron chi connectivity index (χ0n) is 9.45. The van der Waals surface area contributed by atoms with E-state index in [1.807, 2.05) is 12.4 Å². The quantitative estimate of drug-likeness (QED) is 0.238. The summed E-state index contributed by atoms with van der Waals surface area (Å²) in [6.45, 7) is 4.44. The van der Waals surface area contributed by atoms with E-state index in [-0.39, 0.29) is 0 Å². The van der Waals surface area contributed by atoms with Crippen LogP contribution in [0.1, 0.15) is 26.2 Å². The highest BCUT2D eigenvalue weighted by molar-refractivity contribution is 8.13. The fourth-order valence-electron chi connectivity index (χ4n) is 0.899. The average Bonchev–Trinajstić information content (AvgIpc) is 2.26. The number of unbranched alkanes of at least 4 members (excludes halogenated alkanes) is 1. The van der Waals surface area contributed by atoms with Gasteiger partial charge in [-0.3, -0.25) is 10.3 Å². The number of rotatable bonds is 7. The highest BCUT2D eigenvalue weighted by Gasteiger charge is 1.93. The van der Waals surface area contributed by atoms with E-state index in [1.165, 1.54) is 18.2 Å². The molecule has 0 amide bonds. The third-order valence-corrected chi connectivity index (χ3v) is 2.32. The van der Waals surface area contributed by atoms with Crippen molar-refractivity contribution in [2.75, 3.05) is 26.0 Å². The standard InChI is InChI=1S/C10H19N3OS/c1-3-4-7-14-8-5-6-12-10(15-2)13-9-11/h3-8H2,1-2H3,(H,12,13). The maximum Gasteiger partial charge on any atom is 0.183 e. The third-order valence-electron chi connectivity index (χ3n) is 1.70. The van der Waals surface area contributed by atoms with Gasteiger partial charge in [0.25, 0.3) is 0 Å². The molecule has 0 radical (unpaired) electrons. The molecule has 1 N–H and O–H groups in total. The van der Waals surface area contributed by atoms with Crippen LogP contribution in [0.3, 0.4) is 0 Å². The monoisotopic (exact) mass is 229 g/mol. The first-order valence-electron chi connectivity index (χ1n) is 5.16. The van der Waals surface area contributed by atoms with Crippen LogP contribution in [-0.4, -0.2) is 31.2 Å². The summed E-state index contributed by atoms with van der Waals surface area (Å²) in [7, 11) is 0. The van der Waals surface area contributed by atoms with Gasteiger partial charge in [0, 0.05) is 19.8 Å². The van der Waals surface area contributed by atoms with E-state index in [2.05, 4.69) is 17.2 Å². The van der Waals surface area contributed by atoms with Gasteiger partial charge in [0.15, 0.2) is 11.4 Å². The van der Waals surface area contributed by atoms with Crippen molar-refractivity contribution in [2.24, 2.45) is 4.99 Å². The molecule has 0 saturated carbocycles. The van der Waals surface area contributed by atoms with Crippen LogP contribution < -0.4 is 5.32 Å². The van der Waals surface area contributed by atoms with Gasteiger partial charge < -0.3 is 4.74 Å². The van der Waals surface area contributed by atoms with Crippen molar-refractivity contribution < 1.29 is 4.74 Å². The first-order chi connectivity index (χ1) is 7.35. The van der Waals surface area contributed by atoms with Gasteiger partial charge in [-0.1, -0.05) is 25.1 Å². The van der Waals surface area contributed by atoms with E-state index in [0.717, 1.165) is 26.1 Å². The lowest BCUT2D eigenvalue weighted by atomic mass is 10.4. The van der Waals surface area contributed by atoms with E-state index in [1.54, 1.807) is 0 Å². The molecule has 0 spiro atoms. The summed E-state index contributed by atoms with van der Waals surface area (Å²) >= 11 is 1.44. The SMILES string of the molecule is CCCCOCCCN=C(NC#N)SC. The summed E-state index contributed by atoms with van der Waals surface area (Å²) in [6.07, 6.45) is 6.94. The second-order valence-electron chi connectivity index (χ2n) is 2.95. The molecule has 0 atom stereocenters. The number of hydrogen-bond donors (Lipinski definition) is 1. The summed E-state index contributed by atoms with van der Waals surface area (Å²) in [5.74, 6) is 0. The summed E-state index contributed by atoms with van der Waals surface area (Å²) in [6, 6.07) is 0. The number of nitrogens with zero attached hydrogens (tertiary/aromatic N) is 2. The van der Waals surface area contributed by atoms with Crippen molar-refractivity contribution in [3.63, 3.8) is 0 Å². The Morgan fingerprint density at radius 1 is 1.47 bits per heavy atom. The van der Waals surface area contributed by atoms with Crippen LogP contribution in [0.15, 0.2) is 4.99 Å². The van der Waals surface area contributed by atoms with E-state index in [0.29, 0.717) is 11.7 Å². The molecule has 15 heavy (non-hydrogen) atoms. The number of hydrogen-bond acceptors (Lipinski definition) is 4. The predicted molar refractivity (Wildman–Crippen MR) is 64.9 cm³/mol. The molecule has 0 unspecified atom stereocenters. The van der Waals surface area contributed by atoms with Crippen LogP contribution in [0.4, 0.5) is 0 Å². The summed E-state index contributed by atoms with van der Waals surface area (Å²) < 4.78 is 5.39. The lowest BCUT2D eigenvalue weighted by Crippen LogP contribution is -2.13. The molecular formula is C10H19N3OS. The molecular weight excluding hydrogens is 210 g/mol. The van der Waals surface area contributed by atoms with Gasteiger partial charge in [-0.25, -0.2) is 0 Å². The van der Waals surface area contributed by atoms with Gasteiger partial charge >= 0.3 is 0 Å². The van der Waals surface area contributed by atoms with Gasteiger partial charge in [0.05, 0.1) is 0 Å². The fraction of sp³-hybridized carbons (Fsp3) is 0.800. The summed E-state index contributed by atoms with van der Waals surface area (Å²) in [5.41, 5.74) is 0. The molecule has 0 aliphatic carbocycles. The summed E-state index contributed by atoms with van der Waals surface area (Å²) in [4.78, 5) is 4.22. The van der Waals surface area contributed by atoms with Crippen LogP contribution in [-0.2, 0) is 4.74 Å². The van der Waals surface area contributed by atoms with E-state index >= 15 is 0 Å². The van der Waals surface area contributed by atoms with Gasteiger partial charge in [0.1, 0.15) is 0 Å². The number of amidine groups is 1.